The van der Waals surface area contributed by atoms with Crippen LogP contribution in [-0.4, -0.2) is 11.8 Å². The van der Waals surface area contributed by atoms with Crippen LogP contribution in [0, 0.1) is 0 Å². The summed E-state index contributed by atoms with van der Waals surface area (Å²) in [7, 11) is 0. The van der Waals surface area contributed by atoms with Crippen molar-refractivity contribution in [2.24, 2.45) is 0 Å². The van der Waals surface area contributed by atoms with E-state index in [1.165, 1.54) is 0 Å². The molecule has 0 spiro atoms. The summed E-state index contributed by atoms with van der Waals surface area (Å²) in [5.41, 5.74) is 0. The van der Waals surface area contributed by atoms with Crippen molar-refractivity contribution in [2.45, 2.75) is 0 Å². The van der Waals surface area contributed by atoms with Crippen molar-refractivity contribution in [3.63, 3.8) is 0 Å². The van der Waals surface area contributed by atoms with Gasteiger partial charge in [-0.2, -0.15) is 0 Å². The van der Waals surface area contributed by atoms with E-state index in [0.717, 1.165) is 4.47 Å². The summed E-state index contributed by atoms with van der Waals surface area (Å²) in [6.45, 7) is 0. The number of esters is 1. The van der Waals surface area contributed by atoms with Crippen molar-refractivity contribution < 1.29 is 9.53 Å². The maximum atomic E-state index is 10.8. The topological polar surface area (TPSA) is 26.3 Å². The molecule has 2 nitrogen and oxygen atoms in total. The lowest BCUT2D eigenvalue weighted by atomic mass is 10.3. The van der Waals surface area contributed by atoms with E-state index in [1.807, 2.05) is 6.07 Å². The Labute approximate surface area is 83.6 Å². The molecule has 64 valence electrons. The van der Waals surface area contributed by atoms with Crippen LogP contribution >= 0.6 is 27.5 Å². The zero-order valence-corrected chi connectivity index (χ0v) is 8.43. The highest BCUT2D eigenvalue weighted by Gasteiger charge is 2.04. The average Bonchev–Trinajstić information content (AvgIpc) is 2.09. The minimum atomic E-state index is -0.455. The number of alkyl halides is 1. The fraction of sp³-hybridized carbons (Fsp3) is 0.125. The van der Waals surface area contributed by atoms with Crippen molar-refractivity contribution in [3.05, 3.63) is 28.7 Å². The van der Waals surface area contributed by atoms with E-state index in [1.54, 1.807) is 18.2 Å². The van der Waals surface area contributed by atoms with Crippen molar-refractivity contribution in [3.8, 4) is 5.75 Å². The van der Waals surface area contributed by atoms with Gasteiger partial charge in [0, 0.05) is 0 Å². The Bertz CT molecular complexity index is 288. The van der Waals surface area contributed by atoms with Crippen LogP contribution in [0.2, 0.25) is 0 Å². The molecule has 0 unspecified atom stereocenters. The second kappa shape index (κ2) is 4.48. The van der Waals surface area contributed by atoms with Gasteiger partial charge in [-0.1, -0.05) is 12.1 Å². The monoisotopic (exact) mass is 248 g/mol. The van der Waals surface area contributed by atoms with Crippen molar-refractivity contribution in [2.75, 3.05) is 5.88 Å². The largest absolute Gasteiger partial charge is 0.424 e. The lowest BCUT2D eigenvalue weighted by Crippen LogP contribution is -2.08. The molecule has 0 bridgehead atoms. The summed E-state index contributed by atoms with van der Waals surface area (Å²) in [6, 6.07) is 7.09. The van der Waals surface area contributed by atoms with E-state index in [-0.39, 0.29) is 5.88 Å². The van der Waals surface area contributed by atoms with Gasteiger partial charge in [0.15, 0.2) is 0 Å². The Hall–Kier alpha value is -0.540. The normalized spacial score (nSPS) is 9.50. The quantitative estimate of drug-likeness (QED) is 0.457. The van der Waals surface area contributed by atoms with E-state index in [0.29, 0.717) is 5.75 Å². The predicted molar refractivity (Wildman–Crippen MR) is 50.5 cm³/mol. The number of rotatable bonds is 2. The summed E-state index contributed by atoms with van der Waals surface area (Å²) in [4.78, 5) is 10.8. The smallest absolute Gasteiger partial charge is 0.326 e. The number of hydrogen-bond acceptors (Lipinski definition) is 2. The second-order valence-corrected chi connectivity index (χ2v) is 3.16. The Morgan fingerprint density at radius 3 is 2.75 bits per heavy atom. The van der Waals surface area contributed by atoms with Gasteiger partial charge in [-0.25, -0.2) is 0 Å². The standard InChI is InChI=1S/C8H6BrClO2/c9-6-3-1-2-4-7(6)12-8(11)5-10/h1-4H,5H2. The van der Waals surface area contributed by atoms with Gasteiger partial charge in [-0.15, -0.1) is 11.6 Å². The van der Waals surface area contributed by atoms with Gasteiger partial charge in [0.05, 0.1) is 4.47 Å². The summed E-state index contributed by atoms with van der Waals surface area (Å²) in [5, 5.41) is 0. The first kappa shape index (κ1) is 9.55. The van der Waals surface area contributed by atoms with E-state index < -0.39 is 5.97 Å². The van der Waals surface area contributed by atoms with Gasteiger partial charge in [-0.05, 0) is 28.1 Å². The van der Waals surface area contributed by atoms with E-state index in [2.05, 4.69) is 15.9 Å². The first-order chi connectivity index (χ1) is 5.74. The fourth-order valence-corrected chi connectivity index (χ4v) is 1.10. The third-order valence-corrected chi connectivity index (χ3v) is 2.04. The van der Waals surface area contributed by atoms with Crippen LogP contribution in [-0.2, 0) is 4.79 Å². The third-order valence-electron chi connectivity index (χ3n) is 1.17. The Balaban J connectivity index is 2.75. The van der Waals surface area contributed by atoms with Crippen molar-refractivity contribution >= 4 is 33.5 Å². The molecule has 0 atom stereocenters. The van der Waals surface area contributed by atoms with Crippen LogP contribution < -0.4 is 4.74 Å². The maximum Gasteiger partial charge on any atom is 0.326 e. The second-order valence-electron chi connectivity index (χ2n) is 2.04. The van der Waals surface area contributed by atoms with Crippen LogP contribution in [0.4, 0.5) is 0 Å². The van der Waals surface area contributed by atoms with Gasteiger partial charge in [0.1, 0.15) is 11.6 Å². The van der Waals surface area contributed by atoms with Gasteiger partial charge in [-0.3, -0.25) is 4.79 Å². The average molecular weight is 249 g/mol. The zero-order chi connectivity index (χ0) is 8.97. The molecule has 0 aliphatic rings. The molecular weight excluding hydrogens is 243 g/mol. The number of ether oxygens (including phenoxy) is 1. The first-order valence-corrected chi connectivity index (χ1v) is 4.58. The highest BCUT2D eigenvalue weighted by molar-refractivity contribution is 9.10. The number of benzene rings is 1. The molecule has 1 aromatic rings. The molecule has 0 saturated carbocycles. The number of hydrogen-bond donors (Lipinski definition) is 0. The number of halogens is 2. The summed E-state index contributed by atoms with van der Waals surface area (Å²) in [5.74, 6) is -0.104. The van der Waals surface area contributed by atoms with Crippen LogP contribution in [0.1, 0.15) is 0 Å². The van der Waals surface area contributed by atoms with Crippen molar-refractivity contribution in [1.29, 1.82) is 0 Å². The molecule has 0 aromatic heterocycles. The molecule has 1 aromatic carbocycles. The lowest BCUT2D eigenvalue weighted by molar-refractivity contribution is -0.131. The summed E-state index contributed by atoms with van der Waals surface area (Å²) < 4.78 is 5.62. The van der Waals surface area contributed by atoms with Gasteiger partial charge >= 0.3 is 5.97 Å². The maximum absolute atomic E-state index is 10.8. The minimum Gasteiger partial charge on any atom is -0.424 e. The van der Waals surface area contributed by atoms with Crippen LogP contribution in [0.5, 0.6) is 5.75 Å². The molecule has 0 aliphatic carbocycles. The highest BCUT2D eigenvalue weighted by atomic mass is 79.9. The first-order valence-electron chi connectivity index (χ1n) is 3.25. The van der Waals surface area contributed by atoms with Crippen LogP contribution in [0.3, 0.4) is 0 Å². The van der Waals surface area contributed by atoms with Gasteiger partial charge in [0.25, 0.3) is 0 Å². The Kier molecular flexibility index (Phi) is 3.56. The molecule has 4 heteroatoms. The Morgan fingerprint density at radius 1 is 1.50 bits per heavy atom. The molecule has 0 aliphatic heterocycles. The zero-order valence-electron chi connectivity index (χ0n) is 6.09. The molecule has 0 saturated heterocycles. The molecule has 0 amide bonds. The van der Waals surface area contributed by atoms with E-state index >= 15 is 0 Å². The SMILES string of the molecule is O=C(CCl)Oc1ccccc1Br. The van der Waals surface area contributed by atoms with Gasteiger partial charge in [0.2, 0.25) is 0 Å². The van der Waals surface area contributed by atoms with E-state index in [9.17, 15) is 4.79 Å². The molecular formula is C8H6BrClO2. The molecule has 0 radical (unpaired) electrons. The fourth-order valence-electron chi connectivity index (χ4n) is 0.677. The minimum absolute atomic E-state index is 0.138. The number of carbonyl (C=O) groups is 1. The van der Waals surface area contributed by atoms with Crippen LogP contribution in [0.25, 0.3) is 0 Å². The predicted octanol–water partition coefficient (Wildman–Crippen LogP) is 2.59. The lowest BCUT2D eigenvalue weighted by Gasteiger charge is -2.02. The molecule has 12 heavy (non-hydrogen) atoms. The molecule has 0 heterocycles. The molecule has 0 fully saturated rings. The van der Waals surface area contributed by atoms with Crippen LogP contribution in [0.15, 0.2) is 28.7 Å². The number of para-hydroxylation sites is 1. The summed E-state index contributed by atoms with van der Waals surface area (Å²) >= 11 is 8.50. The number of carbonyl (C=O) groups excluding carboxylic acids is 1. The Morgan fingerprint density at radius 2 is 2.17 bits per heavy atom. The third kappa shape index (κ3) is 2.50. The van der Waals surface area contributed by atoms with Gasteiger partial charge < -0.3 is 4.74 Å². The highest BCUT2D eigenvalue weighted by Crippen LogP contribution is 2.23. The molecule has 1 rings (SSSR count). The molecule has 0 N–H and O–H groups in total. The van der Waals surface area contributed by atoms with E-state index in [4.69, 9.17) is 16.3 Å². The summed E-state index contributed by atoms with van der Waals surface area (Å²) in [6.07, 6.45) is 0. The van der Waals surface area contributed by atoms with Crippen molar-refractivity contribution in [1.82, 2.24) is 0 Å².